The number of methoxy groups -OCH3 is 1. The fourth-order valence-corrected chi connectivity index (χ4v) is 1.89. The van der Waals surface area contributed by atoms with Gasteiger partial charge in [-0.15, -0.1) is 0 Å². The molecule has 0 aromatic heterocycles. The van der Waals surface area contributed by atoms with Crippen LogP contribution in [0, 0.1) is 5.92 Å². The van der Waals surface area contributed by atoms with Gasteiger partial charge in [0, 0.05) is 19.3 Å². The molecule has 0 aliphatic rings. The van der Waals surface area contributed by atoms with Crippen LogP contribution in [0.2, 0.25) is 0 Å². The van der Waals surface area contributed by atoms with E-state index in [1.54, 1.807) is 7.11 Å². The van der Waals surface area contributed by atoms with Crippen LogP contribution in [-0.4, -0.2) is 25.8 Å². The molecule has 0 saturated heterocycles. The van der Waals surface area contributed by atoms with Crippen molar-refractivity contribution in [2.75, 3.05) is 20.3 Å². The topological polar surface area (TPSA) is 21.3 Å². The monoisotopic (exact) mass is 229 g/mol. The zero-order chi connectivity index (χ0) is 12.4. The number of ether oxygens (including phenoxy) is 1. The lowest BCUT2D eigenvalue weighted by Crippen LogP contribution is -2.39. The summed E-state index contributed by atoms with van der Waals surface area (Å²) in [6.45, 7) is 11.1. The molecule has 1 N–H and O–H groups in total. The summed E-state index contributed by atoms with van der Waals surface area (Å²) < 4.78 is 5.08. The van der Waals surface area contributed by atoms with Gasteiger partial charge in [-0.25, -0.2) is 0 Å². The maximum atomic E-state index is 5.08. The van der Waals surface area contributed by atoms with Crippen molar-refractivity contribution in [1.82, 2.24) is 5.32 Å². The highest BCUT2D eigenvalue weighted by Crippen LogP contribution is 2.15. The van der Waals surface area contributed by atoms with Crippen molar-refractivity contribution < 1.29 is 4.74 Å². The van der Waals surface area contributed by atoms with Crippen LogP contribution in [0.1, 0.15) is 59.8 Å². The van der Waals surface area contributed by atoms with E-state index in [4.69, 9.17) is 4.74 Å². The van der Waals surface area contributed by atoms with Gasteiger partial charge >= 0.3 is 0 Å². The molecule has 2 nitrogen and oxygen atoms in total. The van der Waals surface area contributed by atoms with Crippen molar-refractivity contribution in [1.29, 1.82) is 0 Å². The zero-order valence-electron chi connectivity index (χ0n) is 11.9. The normalized spacial score (nSPS) is 14.1. The Bertz CT molecular complexity index is 151. The summed E-state index contributed by atoms with van der Waals surface area (Å²) in [5, 5.41) is 3.62. The van der Waals surface area contributed by atoms with Gasteiger partial charge in [0.15, 0.2) is 0 Å². The van der Waals surface area contributed by atoms with Crippen molar-refractivity contribution >= 4 is 0 Å². The minimum absolute atomic E-state index is 0.249. The van der Waals surface area contributed by atoms with Crippen LogP contribution in [-0.2, 0) is 4.74 Å². The second kappa shape index (κ2) is 9.00. The predicted octanol–water partition coefficient (Wildman–Crippen LogP) is 3.61. The predicted molar refractivity (Wildman–Crippen MR) is 71.9 cm³/mol. The first-order chi connectivity index (χ1) is 7.49. The highest BCUT2D eigenvalue weighted by Gasteiger charge is 2.13. The van der Waals surface area contributed by atoms with Gasteiger partial charge in [-0.2, -0.15) is 0 Å². The summed E-state index contributed by atoms with van der Waals surface area (Å²) in [6.07, 6.45) is 6.47. The Labute approximate surface area is 102 Å². The molecular formula is C14H31NO. The maximum absolute atomic E-state index is 5.08. The molecule has 0 aliphatic carbocycles. The molecule has 0 aromatic rings. The van der Waals surface area contributed by atoms with Gasteiger partial charge in [0.25, 0.3) is 0 Å². The Hall–Kier alpha value is -0.0800. The van der Waals surface area contributed by atoms with E-state index < -0.39 is 0 Å². The molecule has 0 aromatic carbocycles. The first-order valence-corrected chi connectivity index (χ1v) is 6.73. The fourth-order valence-electron chi connectivity index (χ4n) is 1.89. The molecule has 0 heterocycles. The smallest absolute Gasteiger partial charge is 0.0462 e. The molecule has 0 rings (SSSR count). The van der Waals surface area contributed by atoms with Gasteiger partial charge in [-0.05, 0) is 52.5 Å². The quantitative estimate of drug-likeness (QED) is 0.610. The second-order valence-corrected chi connectivity index (χ2v) is 5.77. The van der Waals surface area contributed by atoms with Gasteiger partial charge in [0.1, 0.15) is 0 Å². The average Bonchev–Trinajstić information content (AvgIpc) is 2.19. The molecule has 0 fully saturated rings. The molecule has 0 radical (unpaired) electrons. The van der Waals surface area contributed by atoms with Gasteiger partial charge in [0.2, 0.25) is 0 Å². The SMILES string of the molecule is CCCC(CCCCOC)CNC(C)(C)C. The first kappa shape index (κ1) is 15.9. The van der Waals surface area contributed by atoms with Crippen LogP contribution in [0.5, 0.6) is 0 Å². The van der Waals surface area contributed by atoms with Crippen LogP contribution < -0.4 is 5.32 Å². The largest absolute Gasteiger partial charge is 0.385 e. The Morgan fingerprint density at radius 1 is 1.12 bits per heavy atom. The van der Waals surface area contributed by atoms with Gasteiger partial charge in [-0.1, -0.05) is 19.8 Å². The highest BCUT2D eigenvalue weighted by molar-refractivity contribution is 4.73. The highest BCUT2D eigenvalue weighted by atomic mass is 16.5. The molecule has 0 bridgehead atoms. The van der Waals surface area contributed by atoms with Gasteiger partial charge in [0.05, 0.1) is 0 Å². The Morgan fingerprint density at radius 3 is 2.31 bits per heavy atom. The molecule has 1 unspecified atom stereocenters. The van der Waals surface area contributed by atoms with E-state index in [9.17, 15) is 0 Å². The van der Waals surface area contributed by atoms with E-state index in [1.165, 1.54) is 32.1 Å². The summed E-state index contributed by atoms with van der Waals surface area (Å²) in [5.41, 5.74) is 0.249. The van der Waals surface area contributed by atoms with E-state index in [0.29, 0.717) is 0 Å². The van der Waals surface area contributed by atoms with Crippen LogP contribution in [0.4, 0.5) is 0 Å². The molecule has 0 saturated carbocycles. The molecule has 1 atom stereocenters. The van der Waals surface area contributed by atoms with E-state index in [-0.39, 0.29) is 5.54 Å². The minimum atomic E-state index is 0.249. The number of nitrogens with one attached hydrogen (secondary N) is 1. The van der Waals surface area contributed by atoms with Crippen molar-refractivity contribution in [2.24, 2.45) is 5.92 Å². The number of hydrogen-bond donors (Lipinski definition) is 1. The zero-order valence-corrected chi connectivity index (χ0v) is 11.9. The van der Waals surface area contributed by atoms with E-state index in [0.717, 1.165) is 19.1 Å². The summed E-state index contributed by atoms with van der Waals surface area (Å²) in [6, 6.07) is 0. The third kappa shape index (κ3) is 10.4. The lowest BCUT2D eigenvalue weighted by molar-refractivity contribution is 0.189. The average molecular weight is 229 g/mol. The number of hydrogen-bond acceptors (Lipinski definition) is 2. The first-order valence-electron chi connectivity index (χ1n) is 6.73. The number of rotatable bonds is 9. The molecule has 0 aliphatic heterocycles. The van der Waals surface area contributed by atoms with E-state index in [2.05, 4.69) is 33.0 Å². The lowest BCUT2D eigenvalue weighted by Gasteiger charge is -2.25. The molecule has 0 spiro atoms. The summed E-state index contributed by atoms with van der Waals surface area (Å²) >= 11 is 0. The minimum Gasteiger partial charge on any atom is -0.385 e. The van der Waals surface area contributed by atoms with Crippen molar-refractivity contribution in [2.45, 2.75) is 65.3 Å². The van der Waals surface area contributed by atoms with Crippen LogP contribution in [0.25, 0.3) is 0 Å². The fraction of sp³-hybridized carbons (Fsp3) is 1.00. The Kier molecular flexibility index (Phi) is 8.96. The molecule has 16 heavy (non-hydrogen) atoms. The van der Waals surface area contributed by atoms with Crippen LogP contribution >= 0.6 is 0 Å². The lowest BCUT2D eigenvalue weighted by atomic mass is 9.95. The molecule has 2 heteroatoms. The van der Waals surface area contributed by atoms with Gasteiger partial charge < -0.3 is 10.1 Å². The third-order valence-electron chi connectivity index (χ3n) is 2.83. The van der Waals surface area contributed by atoms with E-state index in [1.807, 2.05) is 0 Å². The number of unbranched alkanes of at least 4 members (excludes halogenated alkanes) is 1. The van der Waals surface area contributed by atoms with Crippen molar-refractivity contribution in [3.8, 4) is 0 Å². The molecular weight excluding hydrogens is 198 g/mol. The summed E-state index contributed by atoms with van der Waals surface area (Å²) in [5.74, 6) is 0.834. The van der Waals surface area contributed by atoms with Crippen molar-refractivity contribution in [3.63, 3.8) is 0 Å². The maximum Gasteiger partial charge on any atom is 0.0462 e. The third-order valence-corrected chi connectivity index (χ3v) is 2.83. The Balaban J connectivity index is 3.70. The summed E-state index contributed by atoms with van der Waals surface area (Å²) in [4.78, 5) is 0. The Morgan fingerprint density at radius 2 is 1.81 bits per heavy atom. The second-order valence-electron chi connectivity index (χ2n) is 5.77. The summed E-state index contributed by atoms with van der Waals surface area (Å²) in [7, 11) is 1.78. The molecule has 0 amide bonds. The van der Waals surface area contributed by atoms with Crippen LogP contribution in [0.15, 0.2) is 0 Å². The molecule has 98 valence electrons. The van der Waals surface area contributed by atoms with Gasteiger partial charge in [-0.3, -0.25) is 0 Å². The van der Waals surface area contributed by atoms with Crippen LogP contribution in [0.3, 0.4) is 0 Å². The standard InChI is InChI=1S/C14H31NO/c1-6-9-13(10-7-8-11-16-5)12-15-14(2,3)4/h13,15H,6-12H2,1-5H3. The van der Waals surface area contributed by atoms with Crippen molar-refractivity contribution in [3.05, 3.63) is 0 Å². The van der Waals surface area contributed by atoms with E-state index >= 15 is 0 Å².